The number of thiophene rings is 1. The summed E-state index contributed by atoms with van der Waals surface area (Å²) in [6.07, 6.45) is 6.29. The van der Waals surface area contributed by atoms with E-state index >= 15 is 0 Å². The number of amides is 4. The van der Waals surface area contributed by atoms with Crippen molar-refractivity contribution < 1.29 is 19.1 Å². The molecule has 0 saturated heterocycles. The molecule has 6 rings (SSSR count). The summed E-state index contributed by atoms with van der Waals surface area (Å²) in [5.41, 5.74) is 2.23. The number of para-hydroxylation sites is 1. The quantitative estimate of drug-likeness (QED) is 0.241. The minimum Gasteiger partial charge on any atom is -0.439 e. The van der Waals surface area contributed by atoms with E-state index in [0.717, 1.165) is 25.7 Å². The van der Waals surface area contributed by atoms with Crippen molar-refractivity contribution in [3.05, 3.63) is 78.0 Å². The van der Waals surface area contributed by atoms with Gasteiger partial charge in [-0.15, -0.1) is 11.3 Å². The lowest BCUT2D eigenvalue weighted by Crippen LogP contribution is -2.52. The highest BCUT2D eigenvalue weighted by atomic mass is 32.1. The van der Waals surface area contributed by atoms with Gasteiger partial charge in [-0.25, -0.2) is 14.8 Å². The first-order chi connectivity index (χ1) is 19.9. The highest BCUT2D eigenvalue weighted by Gasteiger charge is 2.35. The average Bonchev–Trinajstić information content (AvgIpc) is 3.35. The Labute approximate surface area is 240 Å². The number of nitrogens with one attached hydrogen (secondary N) is 3. The number of rotatable bonds is 7. The molecular formula is C30H28N6O4S. The third-order valence-corrected chi connectivity index (χ3v) is 8.38. The molecule has 10 nitrogen and oxygen atoms in total. The molecule has 0 radical (unpaired) electrons. The molecule has 1 aliphatic heterocycles. The number of aromatic nitrogens is 2. The van der Waals surface area contributed by atoms with Gasteiger partial charge in [0.05, 0.1) is 28.1 Å². The van der Waals surface area contributed by atoms with Gasteiger partial charge in [0.2, 0.25) is 11.8 Å². The Hall–Kier alpha value is -4.77. The van der Waals surface area contributed by atoms with E-state index in [2.05, 4.69) is 32.5 Å². The van der Waals surface area contributed by atoms with Crippen molar-refractivity contribution in [2.75, 3.05) is 10.2 Å². The van der Waals surface area contributed by atoms with Crippen LogP contribution < -0.4 is 25.6 Å². The van der Waals surface area contributed by atoms with E-state index in [4.69, 9.17) is 4.74 Å². The minimum atomic E-state index is -0.409. The van der Waals surface area contributed by atoms with E-state index in [1.807, 2.05) is 37.3 Å². The van der Waals surface area contributed by atoms with Crippen LogP contribution in [0.2, 0.25) is 0 Å². The van der Waals surface area contributed by atoms with Gasteiger partial charge in [0.25, 0.3) is 5.91 Å². The Morgan fingerprint density at radius 2 is 1.83 bits per heavy atom. The molecule has 4 aromatic rings. The maximum absolute atomic E-state index is 13.5. The van der Waals surface area contributed by atoms with E-state index in [0.29, 0.717) is 49.5 Å². The van der Waals surface area contributed by atoms with Crippen molar-refractivity contribution in [2.24, 2.45) is 0 Å². The molecule has 1 aromatic carbocycles. The van der Waals surface area contributed by atoms with Crippen LogP contribution in [0.25, 0.3) is 10.2 Å². The van der Waals surface area contributed by atoms with Crippen LogP contribution in [0.5, 0.6) is 11.6 Å². The molecular weight excluding hydrogens is 540 g/mol. The van der Waals surface area contributed by atoms with Crippen molar-refractivity contribution >= 4 is 56.5 Å². The van der Waals surface area contributed by atoms with Gasteiger partial charge < -0.3 is 20.7 Å². The summed E-state index contributed by atoms with van der Waals surface area (Å²) in [5.74, 6) is 0.497. The molecule has 0 spiro atoms. The topological polar surface area (TPSA) is 126 Å². The highest BCUT2D eigenvalue weighted by Crippen LogP contribution is 2.46. The molecule has 0 bridgehead atoms. The maximum atomic E-state index is 13.5. The number of urea groups is 1. The second kappa shape index (κ2) is 11.0. The Morgan fingerprint density at radius 1 is 1.07 bits per heavy atom. The zero-order chi connectivity index (χ0) is 28.5. The molecule has 3 N–H and O–H groups in total. The number of carbonyl (C=O) groups excluding carboxylic acids is 3. The predicted octanol–water partition coefficient (Wildman–Crippen LogP) is 5.82. The third kappa shape index (κ3) is 5.11. The second-order valence-electron chi connectivity index (χ2n) is 9.93. The zero-order valence-corrected chi connectivity index (χ0v) is 23.2. The zero-order valence-electron chi connectivity index (χ0n) is 22.3. The van der Waals surface area contributed by atoms with Gasteiger partial charge in [-0.3, -0.25) is 14.5 Å². The first-order valence-corrected chi connectivity index (χ1v) is 14.2. The van der Waals surface area contributed by atoms with Crippen molar-refractivity contribution in [3.8, 4) is 11.6 Å². The normalized spacial score (nSPS) is 18.0. The van der Waals surface area contributed by atoms with Gasteiger partial charge in [0.1, 0.15) is 15.5 Å². The molecule has 3 aromatic heterocycles. The van der Waals surface area contributed by atoms with Gasteiger partial charge in [-0.05, 0) is 50.1 Å². The monoisotopic (exact) mass is 568 g/mol. The highest BCUT2D eigenvalue weighted by molar-refractivity contribution is 7.21. The Kier molecular flexibility index (Phi) is 7.10. The van der Waals surface area contributed by atoms with Gasteiger partial charge in [-0.1, -0.05) is 37.6 Å². The smallest absolute Gasteiger partial charge is 0.331 e. The lowest BCUT2D eigenvalue weighted by molar-refractivity contribution is -0.117. The summed E-state index contributed by atoms with van der Waals surface area (Å²) in [7, 11) is 0. The van der Waals surface area contributed by atoms with Gasteiger partial charge in [0, 0.05) is 24.3 Å². The van der Waals surface area contributed by atoms with Gasteiger partial charge >= 0.3 is 6.03 Å². The van der Waals surface area contributed by atoms with E-state index < -0.39 is 6.03 Å². The number of ether oxygens (including phenoxy) is 1. The molecule has 2 aliphatic rings. The number of anilines is 3. The van der Waals surface area contributed by atoms with E-state index in [1.165, 1.54) is 17.4 Å². The number of carbonyl (C=O) groups is 3. The molecule has 4 amide bonds. The van der Waals surface area contributed by atoms with Crippen molar-refractivity contribution in [1.29, 1.82) is 0 Å². The summed E-state index contributed by atoms with van der Waals surface area (Å²) in [5, 5.41) is 9.64. The van der Waals surface area contributed by atoms with Crippen molar-refractivity contribution in [1.82, 2.24) is 20.6 Å². The number of aryl methyl sites for hydroxylation is 1. The summed E-state index contributed by atoms with van der Waals surface area (Å²) in [4.78, 5) is 50.6. The fourth-order valence-electron chi connectivity index (χ4n) is 5.37. The van der Waals surface area contributed by atoms with E-state index in [-0.39, 0.29) is 23.9 Å². The molecule has 2 atom stereocenters. The molecule has 208 valence electrons. The third-order valence-electron chi connectivity index (χ3n) is 7.29. The standard InChI is InChI=1S/C30H28N6O4S/c1-3-23(37)33-19-11-7-8-12-20(19)34-28(38)27-26-25-22(15-16-31-29(25)41-27)36(30(39)35-26)21-13-14-24(32-17(21)2)40-18-9-5-4-6-10-18/h3-6,9-10,13-16,19-20H,1,7-8,11-12H2,2H3,(H,33,37)(H,34,38)(H,35,39)/t19-,20+/m0/s1. The number of hydrogen-bond acceptors (Lipinski definition) is 7. The second-order valence-corrected chi connectivity index (χ2v) is 10.9. The summed E-state index contributed by atoms with van der Waals surface area (Å²) < 4.78 is 5.86. The number of hydrogen-bond donors (Lipinski definition) is 3. The Bertz CT molecular complexity index is 1670. The van der Waals surface area contributed by atoms with Gasteiger partial charge in [-0.2, -0.15) is 0 Å². The molecule has 41 heavy (non-hydrogen) atoms. The first-order valence-electron chi connectivity index (χ1n) is 13.4. The van der Waals surface area contributed by atoms with Crippen LogP contribution in [-0.2, 0) is 4.79 Å². The largest absolute Gasteiger partial charge is 0.439 e. The van der Waals surface area contributed by atoms with Crippen LogP contribution in [0.4, 0.5) is 21.9 Å². The average molecular weight is 569 g/mol. The number of benzene rings is 1. The van der Waals surface area contributed by atoms with Crippen LogP contribution in [0.1, 0.15) is 41.0 Å². The van der Waals surface area contributed by atoms with Crippen LogP contribution in [0.15, 0.2) is 67.4 Å². The Balaban J connectivity index is 1.30. The minimum absolute atomic E-state index is 0.188. The van der Waals surface area contributed by atoms with Crippen LogP contribution in [-0.4, -0.2) is 39.9 Å². The lowest BCUT2D eigenvalue weighted by Gasteiger charge is -2.32. The summed E-state index contributed by atoms with van der Waals surface area (Å²) >= 11 is 1.22. The SMILES string of the molecule is C=CC(=O)N[C@H]1CCCC[C@H]1NC(=O)c1sc2nccc3c2c1NC(=O)N3c1ccc(Oc2ccccc2)nc1C. The molecule has 1 aliphatic carbocycles. The van der Waals surface area contributed by atoms with Gasteiger partial charge in [0.15, 0.2) is 0 Å². The molecule has 1 saturated carbocycles. The summed E-state index contributed by atoms with van der Waals surface area (Å²) in [6.45, 7) is 5.34. The number of nitrogens with zero attached hydrogens (tertiary/aromatic N) is 3. The fourth-order valence-corrected chi connectivity index (χ4v) is 6.39. The molecule has 1 fully saturated rings. The molecule has 11 heteroatoms. The summed E-state index contributed by atoms with van der Waals surface area (Å²) in [6, 6.07) is 13.8. The predicted molar refractivity (Wildman–Crippen MR) is 158 cm³/mol. The van der Waals surface area contributed by atoms with Crippen molar-refractivity contribution in [2.45, 2.75) is 44.7 Å². The lowest BCUT2D eigenvalue weighted by atomic mass is 9.90. The van der Waals surface area contributed by atoms with E-state index in [1.54, 1.807) is 29.3 Å². The van der Waals surface area contributed by atoms with E-state index in [9.17, 15) is 14.4 Å². The van der Waals surface area contributed by atoms with Crippen LogP contribution in [0.3, 0.4) is 0 Å². The maximum Gasteiger partial charge on any atom is 0.331 e. The fraction of sp³-hybridized carbons (Fsp3) is 0.233. The number of pyridine rings is 2. The first kappa shape index (κ1) is 26.5. The Morgan fingerprint density at radius 3 is 2.56 bits per heavy atom. The molecule has 0 unspecified atom stereocenters. The van der Waals surface area contributed by atoms with Crippen molar-refractivity contribution in [3.63, 3.8) is 0 Å². The van der Waals surface area contributed by atoms with Crippen LogP contribution >= 0.6 is 11.3 Å². The molecule has 4 heterocycles. The van der Waals surface area contributed by atoms with Crippen LogP contribution in [0, 0.1) is 6.92 Å².